The SMILES string of the molecule is CN=C(NCCOc1ccc2c(c1)CCC(=O)N2)NCC1(CCOC)CCCC1. The Bertz CT molecular complexity index is 714. The maximum Gasteiger partial charge on any atom is 0.224 e. The van der Waals surface area contributed by atoms with E-state index in [9.17, 15) is 4.79 Å². The molecule has 1 amide bonds. The van der Waals surface area contributed by atoms with E-state index in [0.717, 1.165) is 49.0 Å². The Morgan fingerprint density at radius 2 is 2.03 bits per heavy atom. The van der Waals surface area contributed by atoms with Gasteiger partial charge in [0.2, 0.25) is 5.91 Å². The van der Waals surface area contributed by atoms with E-state index in [4.69, 9.17) is 9.47 Å². The van der Waals surface area contributed by atoms with Gasteiger partial charge in [-0.3, -0.25) is 9.79 Å². The van der Waals surface area contributed by atoms with Gasteiger partial charge in [0.05, 0.1) is 6.54 Å². The summed E-state index contributed by atoms with van der Waals surface area (Å²) in [5, 5.41) is 9.71. The Labute approximate surface area is 173 Å². The number of benzene rings is 1. The highest BCUT2D eigenvalue weighted by Gasteiger charge is 2.33. The van der Waals surface area contributed by atoms with Crippen molar-refractivity contribution in [2.75, 3.05) is 45.8 Å². The number of ether oxygens (including phenoxy) is 2. The second kappa shape index (κ2) is 10.5. The zero-order chi connectivity index (χ0) is 20.5. The van der Waals surface area contributed by atoms with Gasteiger partial charge in [0, 0.05) is 39.4 Å². The smallest absolute Gasteiger partial charge is 0.224 e. The number of hydrogen-bond donors (Lipinski definition) is 3. The van der Waals surface area contributed by atoms with Gasteiger partial charge in [-0.15, -0.1) is 0 Å². The minimum Gasteiger partial charge on any atom is -0.492 e. The Hall–Kier alpha value is -2.28. The zero-order valence-corrected chi connectivity index (χ0v) is 17.7. The maximum absolute atomic E-state index is 11.4. The quantitative estimate of drug-likeness (QED) is 0.336. The number of carbonyl (C=O) groups is 1. The van der Waals surface area contributed by atoms with Crippen LogP contribution in [0.2, 0.25) is 0 Å². The monoisotopic (exact) mass is 402 g/mol. The number of guanidine groups is 1. The number of rotatable bonds is 9. The maximum atomic E-state index is 11.4. The third-order valence-electron chi connectivity index (χ3n) is 5.99. The number of nitrogens with zero attached hydrogens (tertiary/aromatic N) is 1. The van der Waals surface area contributed by atoms with Crippen LogP contribution in [0.25, 0.3) is 0 Å². The van der Waals surface area contributed by atoms with Crippen LogP contribution in [0.1, 0.15) is 44.1 Å². The fourth-order valence-corrected chi connectivity index (χ4v) is 4.24. The van der Waals surface area contributed by atoms with Gasteiger partial charge in [-0.25, -0.2) is 0 Å². The summed E-state index contributed by atoms with van der Waals surface area (Å²) in [7, 11) is 3.57. The van der Waals surface area contributed by atoms with Gasteiger partial charge in [-0.05, 0) is 54.9 Å². The molecule has 0 spiro atoms. The Balaban J connectivity index is 1.40. The molecule has 0 bridgehead atoms. The summed E-state index contributed by atoms with van der Waals surface area (Å²) < 4.78 is 11.2. The van der Waals surface area contributed by atoms with Crippen LogP contribution in [0.3, 0.4) is 0 Å². The molecule has 1 aromatic carbocycles. The lowest BCUT2D eigenvalue weighted by Gasteiger charge is -2.30. The van der Waals surface area contributed by atoms with Gasteiger partial charge in [-0.1, -0.05) is 12.8 Å². The number of nitrogens with one attached hydrogen (secondary N) is 3. The van der Waals surface area contributed by atoms with Crippen LogP contribution in [0.5, 0.6) is 5.75 Å². The Kier molecular flexibility index (Phi) is 7.75. The Morgan fingerprint density at radius 3 is 2.79 bits per heavy atom. The highest BCUT2D eigenvalue weighted by Crippen LogP contribution is 2.40. The molecule has 3 rings (SSSR count). The first-order valence-corrected chi connectivity index (χ1v) is 10.6. The summed E-state index contributed by atoms with van der Waals surface area (Å²) in [6.45, 7) is 2.94. The van der Waals surface area contributed by atoms with Crippen molar-refractivity contribution in [3.63, 3.8) is 0 Å². The van der Waals surface area contributed by atoms with Gasteiger partial charge in [-0.2, -0.15) is 0 Å². The number of anilines is 1. The van der Waals surface area contributed by atoms with Crippen molar-refractivity contribution in [1.82, 2.24) is 10.6 Å². The molecule has 1 saturated carbocycles. The van der Waals surface area contributed by atoms with Crippen LogP contribution in [-0.4, -0.2) is 52.3 Å². The molecule has 1 aromatic rings. The Morgan fingerprint density at radius 1 is 1.21 bits per heavy atom. The second-order valence-electron chi connectivity index (χ2n) is 8.02. The lowest BCUT2D eigenvalue weighted by molar-refractivity contribution is -0.116. The van der Waals surface area contributed by atoms with Crippen LogP contribution >= 0.6 is 0 Å². The van der Waals surface area contributed by atoms with E-state index in [1.54, 1.807) is 14.2 Å². The van der Waals surface area contributed by atoms with Crippen LogP contribution in [0.15, 0.2) is 23.2 Å². The van der Waals surface area contributed by atoms with E-state index in [-0.39, 0.29) is 5.91 Å². The molecule has 7 nitrogen and oxygen atoms in total. The fraction of sp³-hybridized carbons (Fsp3) is 0.636. The highest BCUT2D eigenvalue weighted by molar-refractivity contribution is 5.94. The molecule has 1 aliphatic heterocycles. The van der Waals surface area contributed by atoms with E-state index in [0.29, 0.717) is 25.0 Å². The standard InChI is InChI=1S/C22H34N4O3/c1-23-21(25-16-22(11-13-28-2)9-3-4-10-22)24-12-14-29-18-6-7-19-17(15-18)5-8-20(27)26-19/h6-7,15H,3-5,8-14,16H2,1-2H3,(H,26,27)(H2,23,24,25). The third kappa shape index (κ3) is 6.10. The molecule has 1 aliphatic carbocycles. The minimum absolute atomic E-state index is 0.0795. The summed E-state index contributed by atoms with van der Waals surface area (Å²) in [6.07, 6.45) is 7.50. The molecular weight excluding hydrogens is 368 g/mol. The number of hydrogen-bond acceptors (Lipinski definition) is 4. The van der Waals surface area contributed by atoms with E-state index in [2.05, 4.69) is 20.9 Å². The lowest BCUT2D eigenvalue weighted by Crippen LogP contribution is -2.44. The second-order valence-corrected chi connectivity index (χ2v) is 8.02. The lowest BCUT2D eigenvalue weighted by atomic mass is 9.83. The van der Waals surface area contributed by atoms with Crippen LogP contribution in [0, 0.1) is 5.41 Å². The molecule has 3 N–H and O–H groups in total. The summed E-state index contributed by atoms with van der Waals surface area (Å²) in [4.78, 5) is 15.8. The van der Waals surface area contributed by atoms with E-state index >= 15 is 0 Å². The van der Waals surface area contributed by atoms with Crippen molar-refractivity contribution in [1.29, 1.82) is 0 Å². The summed E-state index contributed by atoms with van der Waals surface area (Å²) in [5.74, 6) is 1.72. The molecule has 1 heterocycles. The summed E-state index contributed by atoms with van der Waals surface area (Å²) in [6, 6.07) is 5.83. The predicted molar refractivity (Wildman–Crippen MR) is 116 cm³/mol. The van der Waals surface area contributed by atoms with Crippen LogP contribution in [0.4, 0.5) is 5.69 Å². The van der Waals surface area contributed by atoms with Crippen molar-refractivity contribution in [2.24, 2.45) is 10.4 Å². The van der Waals surface area contributed by atoms with E-state index in [1.807, 2.05) is 18.2 Å². The molecule has 0 aromatic heterocycles. The highest BCUT2D eigenvalue weighted by atomic mass is 16.5. The molecule has 29 heavy (non-hydrogen) atoms. The molecule has 160 valence electrons. The number of methoxy groups -OCH3 is 1. The first-order chi connectivity index (χ1) is 14.1. The molecule has 7 heteroatoms. The number of aliphatic imine (C=N–C) groups is 1. The van der Waals surface area contributed by atoms with Gasteiger partial charge in [0.25, 0.3) is 0 Å². The van der Waals surface area contributed by atoms with Crippen LogP contribution in [-0.2, 0) is 16.0 Å². The van der Waals surface area contributed by atoms with Gasteiger partial charge in [0.15, 0.2) is 5.96 Å². The number of amides is 1. The molecule has 0 radical (unpaired) electrons. The molecule has 2 aliphatic rings. The average molecular weight is 403 g/mol. The molecule has 1 fully saturated rings. The van der Waals surface area contributed by atoms with Gasteiger partial charge in [0.1, 0.15) is 12.4 Å². The van der Waals surface area contributed by atoms with Crippen molar-refractivity contribution < 1.29 is 14.3 Å². The molecule has 0 unspecified atom stereocenters. The zero-order valence-electron chi connectivity index (χ0n) is 17.7. The molecule has 0 atom stereocenters. The molecule has 0 saturated heterocycles. The topological polar surface area (TPSA) is 84.0 Å². The predicted octanol–water partition coefficient (Wildman–Crippen LogP) is 2.71. The number of fused-ring (bicyclic) bond motifs is 1. The first kappa shape index (κ1) is 21.4. The van der Waals surface area contributed by atoms with Gasteiger partial charge >= 0.3 is 0 Å². The van der Waals surface area contributed by atoms with Crippen molar-refractivity contribution in [3.8, 4) is 5.75 Å². The average Bonchev–Trinajstić information content (AvgIpc) is 3.21. The van der Waals surface area contributed by atoms with Crippen molar-refractivity contribution in [3.05, 3.63) is 23.8 Å². The van der Waals surface area contributed by atoms with Crippen molar-refractivity contribution in [2.45, 2.75) is 44.9 Å². The molecular formula is C22H34N4O3. The van der Waals surface area contributed by atoms with Crippen molar-refractivity contribution >= 4 is 17.6 Å². The minimum atomic E-state index is 0.0795. The number of carbonyl (C=O) groups excluding carboxylic acids is 1. The normalized spacial score (nSPS) is 18.1. The van der Waals surface area contributed by atoms with Gasteiger partial charge < -0.3 is 25.4 Å². The number of aryl methyl sites for hydroxylation is 1. The van der Waals surface area contributed by atoms with Crippen LogP contribution < -0.4 is 20.7 Å². The summed E-state index contributed by atoms with van der Waals surface area (Å²) >= 11 is 0. The fourth-order valence-electron chi connectivity index (χ4n) is 4.24. The summed E-state index contributed by atoms with van der Waals surface area (Å²) in [5.41, 5.74) is 2.35. The largest absolute Gasteiger partial charge is 0.492 e. The van der Waals surface area contributed by atoms with E-state index in [1.165, 1.54) is 25.7 Å². The first-order valence-electron chi connectivity index (χ1n) is 10.6. The third-order valence-corrected chi connectivity index (χ3v) is 5.99. The van der Waals surface area contributed by atoms with E-state index < -0.39 is 0 Å².